The van der Waals surface area contributed by atoms with Gasteiger partial charge in [-0.2, -0.15) is 4.31 Å². The van der Waals surface area contributed by atoms with Crippen LogP contribution in [0.4, 0.5) is 10.5 Å². The van der Waals surface area contributed by atoms with E-state index in [0.717, 1.165) is 9.87 Å². The summed E-state index contributed by atoms with van der Waals surface area (Å²) in [6.45, 7) is -0.217. The molecule has 9 nitrogen and oxygen atoms in total. The smallest absolute Gasteiger partial charge is 0.407 e. The van der Waals surface area contributed by atoms with Crippen molar-refractivity contribution < 1.29 is 33.3 Å². The van der Waals surface area contributed by atoms with Gasteiger partial charge in [0.25, 0.3) is 0 Å². The van der Waals surface area contributed by atoms with E-state index < -0.39 is 59.4 Å². The Morgan fingerprint density at radius 1 is 1.26 bits per heavy atom. The summed E-state index contributed by atoms with van der Waals surface area (Å²) in [6, 6.07) is 13.5. The molecule has 1 fully saturated rings. The van der Waals surface area contributed by atoms with Gasteiger partial charge in [-0.1, -0.05) is 30.3 Å². The molecule has 0 aromatic heterocycles. The fraction of sp³-hybridized carbons (Fsp3) is 0.480. The molecule has 3 atom stereocenters. The summed E-state index contributed by atoms with van der Waals surface area (Å²) in [5.41, 5.74) is 5.89. The quantitative estimate of drug-likeness (QED) is 0.443. The molecule has 0 radical (unpaired) electrons. The zero-order valence-electron chi connectivity index (χ0n) is 24.0. The van der Waals surface area contributed by atoms with Crippen LogP contribution < -0.4 is 11.1 Å². The summed E-state index contributed by atoms with van der Waals surface area (Å²) in [5, 5.41) is 13.8. The fourth-order valence-corrected chi connectivity index (χ4v) is 5.40. The van der Waals surface area contributed by atoms with Gasteiger partial charge in [0, 0.05) is 24.2 Å². The maximum absolute atomic E-state index is 13.6. The lowest BCUT2D eigenvalue weighted by molar-refractivity contribution is 0.0586. The van der Waals surface area contributed by atoms with Crippen molar-refractivity contribution in [1.82, 2.24) is 9.62 Å². The summed E-state index contributed by atoms with van der Waals surface area (Å²) in [4.78, 5) is 12.8. The fourth-order valence-electron chi connectivity index (χ4n) is 3.59. The minimum atomic E-state index is -4.09. The maximum Gasteiger partial charge on any atom is 0.407 e. The zero-order chi connectivity index (χ0) is 29.2. The Morgan fingerprint density at radius 3 is 2.49 bits per heavy atom. The summed E-state index contributed by atoms with van der Waals surface area (Å²) >= 11 is 0. The number of nitrogen functional groups attached to an aromatic ring is 1. The van der Waals surface area contributed by atoms with Crippen LogP contribution in [0.2, 0.25) is 0 Å². The van der Waals surface area contributed by atoms with Gasteiger partial charge in [0.2, 0.25) is 10.0 Å². The Kier molecular flexibility index (Phi) is 7.03. The molecule has 0 saturated carbocycles. The molecule has 0 unspecified atom stereocenters. The van der Waals surface area contributed by atoms with Crippen molar-refractivity contribution in [1.29, 1.82) is 0 Å². The van der Waals surface area contributed by atoms with Gasteiger partial charge in [0.05, 0.1) is 35.6 Å². The number of hydrogen-bond acceptors (Lipinski definition) is 7. The van der Waals surface area contributed by atoms with E-state index in [0.29, 0.717) is 5.69 Å². The summed E-state index contributed by atoms with van der Waals surface area (Å²) in [7, 11) is -4.09. The van der Waals surface area contributed by atoms with E-state index >= 15 is 0 Å². The van der Waals surface area contributed by atoms with Crippen LogP contribution in [-0.4, -0.2) is 67.4 Å². The number of β-amino-alcohol motifs (C(OH)–C–C–N with tert-alkyl or cyclic N) is 1. The van der Waals surface area contributed by atoms with E-state index in [-0.39, 0.29) is 17.9 Å². The Morgan fingerprint density at radius 2 is 1.91 bits per heavy atom. The molecular formula is C25H35N3O6S. The molecule has 10 heteroatoms. The predicted molar refractivity (Wildman–Crippen MR) is 133 cm³/mol. The first-order valence-corrected chi connectivity index (χ1v) is 12.6. The Balaban J connectivity index is 1.85. The minimum absolute atomic E-state index is 0.0106. The van der Waals surface area contributed by atoms with Crippen molar-refractivity contribution in [2.24, 2.45) is 0 Å². The third kappa shape index (κ3) is 7.41. The second kappa shape index (κ2) is 11.4. The van der Waals surface area contributed by atoms with Crippen LogP contribution in [0.3, 0.4) is 0 Å². The van der Waals surface area contributed by atoms with Crippen molar-refractivity contribution >= 4 is 21.8 Å². The number of nitrogens with one attached hydrogen (secondary N) is 1. The van der Waals surface area contributed by atoms with Crippen molar-refractivity contribution in [3.63, 3.8) is 0 Å². The highest BCUT2D eigenvalue weighted by atomic mass is 32.2. The number of aliphatic hydroxyl groups is 1. The molecule has 1 aliphatic heterocycles. The normalized spacial score (nSPS) is 22.8. The molecule has 192 valence electrons. The van der Waals surface area contributed by atoms with Crippen LogP contribution in [0, 0.1) is 0 Å². The molecule has 35 heavy (non-hydrogen) atoms. The molecule has 0 bridgehead atoms. The highest BCUT2D eigenvalue weighted by Crippen LogP contribution is 2.26. The lowest BCUT2D eigenvalue weighted by Gasteiger charge is -2.37. The molecule has 0 aliphatic carbocycles. The molecule has 2 aromatic carbocycles. The summed E-state index contributed by atoms with van der Waals surface area (Å²) in [6.07, 6.45) is -4.46. The second-order valence-corrected chi connectivity index (χ2v) is 11.1. The molecule has 1 amide bonds. The van der Waals surface area contributed by atoms with E-state index in [1.165, 1.54) is 24.3 Å². The summed E-state index contributed by atoms with van der Waals surface area (Å²) < 4.78 is 69.1. The van der Waals surface area contributed by atoms with Crippen LogP contribution in [0.15, 0.2) is 59.5 Å². The van der Waals surface area contributed by atoms with Crippen LogP contribution in [0.25, 0.3) is 0 Å². The third-order valence-electron chi connectivity index (χ3n) is 5.42. The van der Waals surface area contributed by atoms with Crippen molar-refractivity contribution in [3.05, 3.63) is 60.2 Å². The number of aliphatic hydroxyl groups excluding tert-OH is 1. The zero-order valence-corrected chi connectivity index (χ0v) is 20.8. The number of nitrogens with zero attached hydrogens (tertiary/aromatic N) is 1. The number of ether oxygens (including phenoxy) is 2. The number of carbonyl (C=O) groups is 1. The number of carbonyl (C=O) groups excluding carboxylic acids is 1. The van der Waals surface area contributed by atoms with Crippen molar-refractivity contribution in [2.45, 2.75) is 62.3 Å². The third-order valence-corrected chi connectivity index (χ3v) is 7.56. The molecule has 1 heterocycles. The largest absolute Gasteiger partial charge is 0.444 e. The average molecular weight is 510 g/mol. The van der Waals surface area contributed by atoms with Crippen molar-refractivity contribution in [3.8, 4) is 0 Å². The Bertz CT molecular complexity index is 1240. The molecule has 1 aliphatic rings. The van der Waals surface area contributed by atoms with Gasteiger partial charge >= 0.3 is 6.09 Å². The van der Waals surface area contributed by atoms with E-state index in [1.54, 1.807) is 51.1 Å². The minimum Gasteiger partial charge on any atom is -0.444 e. The number of nitrogens with two attached hydrogens (primary N) is 1. The molecule has 1 saturated heterocycles. The molecule has 3 rings (SSSR count). The number of sulfonamides is 1. The molecule has 0 spiro atoms. The number of benzene rings is 2. The number of alkyl carbamates (subject to hydrolysis) is 1. The number of rotatable bonds is 9. The maximum atomic E-state index is 13.6. The Labute approximate surface area is 212 Å². The standard InChI is InChI=1S/C25H35N3O6S/c1-25(2,3)28(35(31,32)21-11-9-19(26)10-12-21)16-23(29)22(15-18-7-5-4-6-8-18)27-24(30)34-20-13-14-33-17-20/h4-12,20,22-23,29H,13-17,26H2,1-3H3,(H,27,30)/t20-,22-,23+/m1/s1/i14D2,17D2. The first kappa shape index (κ1) is 21.6. The molecular weight excluding hydrogens is 470 g/mol. The first-order chi connectivity index (χ1) is 17.9. The average Bonchev–Trinajstić information content (AvgIpc) is 3.02. The SMILES string of the molecule is [2H]C1([2H])C[C@@H](OC(=O)N[C@H](Cc2ccccc2)[C@@H](O)CN(C(C)(C)C)S(=O)(=O)c2ccc(N)cc2)C([2H])([2H])O1. The van der Waals surface area contributed by atoms with Crippen LogP contribution in [0.1, 0.15) is 38.2 Å². The van der Waals surface area contributed by atoms with Gasteiger partial charge in [-0.25, -0.2) is 13.2 Å². The summed E-state index contributed by atoms with van der Waals surface area (Å²) in [5.74, 6) is 0. The lowest BCUT2D eigenvalue weighted by atomic mass is 10.00. The van der Waals surface area contributed by atoms with E-state index in [2.05, 4.69) is 5.32 Å². The van der Waals surface area contributed by atoms with Gasteiger partial charge in [-0.15, -0.1) is 0 Å². The van der Waals surface area contributed by atoms with Gasteiger partial charge in [0.15, 0.2) is 0 Å². The highest BCUT2D eigenvalue weighted by molar-refractivity contribution is 7.89. The van der Waals surface area contributed by atoms with Gasteiger partial charge in [0.1, 0.15) is 6.10 Å². The lowest BCUT2D eigenvalue weighted by Crippen LogP contribution is -2.55. The monoisotopic (exact) mass is 509 g/mol. The highest BCUT2D eigenvalue weighted by Gasteiger charge is 2.37. The van der Waals surface area contributed by atoms with E-state index in [1.807, 2.05) is 0 Å². The van der Waals surface area contributed by atoms with Gasteiger partial charge in [-0.05, 0) is 57.0 Å². The number of amides is 1. The van der Waals surface area contributed by atoms with E-state index in [4.69, 9.17) is 20.7 Å². The van der Waals surface area contributed by atoms with Crippen LogP contribution in [0.5, 0.6) is 0 Å². The predicted octanol–water partition coefficient (Wildman–Crippen LogP) is 2.55. The van der Waals surface area contributed by atoms with Crippen LogP contribution in [-0.2, 0) is 25.9 Å². The van der Waals surface area contributed by atoms with Gasteiger partial charge in [-0.3, -0.25) is 0 Å². The van der Waals surface area contributed by atoms with Crippen molar-refractivity contribution in [2.75, 3.05) is 25.4 Å². The van der Waals surface area contributed by atoms with Crippen LogP contribution >= 0.6 is 0 Å². The van der Waals surface area contributed by atoms with Gasteiger partial charge < -0.3 is 25.6 Å². The van der Waals surface area contributed by atoms with E-state index in [9.17, 15) is 18.3 Å². The number of anilines is 1. The molecule has 2 aromatic rings. The molecule has 4 N–H and O–H groups in total. The Hall–Kier alpha value is -2.66. The number of hydrogen-bond donors (Lipinski definition) is 3. The first-order valence-electron chi connectivity index (χ1n) is 13.2. The second-order valence-electron chi connectivity index (χ2n) is 9.25. The topological polar surface area (TPSA) is 131 Å².